The van der Waals surface area contributed by atoms with Crippen molar-refractivity contribution in [3.05, 3.63) is 102 Å². The number of carbonyl (C=O) groups excluding carboxylic acids is 1. The van der Waals surface area contributed by atoms with Gasteiger partial charge in [-0.3, -0.25) is 4.79 Å². The maximum Gasteiger partial charge on any atom is 0.231 e. The van der Waals surface area contributed by atoms with Gasteiger partial charge in [-0.05, 0) is 54.4 Å². The highest BCUT2D eigenvalue weighted by Crippen LogP contribution is 2.52. The number of rotatable bonds is 4. The summed E-state index contributed by atoms with van der Waals surface area (Å²) >= 11 is 0. The molecule has 5 heteroatoms. The molecule has 0 aromatic heterocycles. The van der Waals surface area contributed by atoms with Crippen molar-refractivity contribution in [2.45, 2.75) is 30.8 Å². The van der Waals surface area contributed by atoms with Crippen molar-refractivity contribution in [2.24, 2.45) is 0 Å². The lowest BCUT2D eigenvalue weighted by Gasteiger charge is -2.41. The Kier molecular flexibility index (Phi) is 5.00. The smallest absolute Gasteiger partial charge is 0.231 e. The molecule has 1 spiro atoms. The highest BCUT2D eigenvalue weighted by molar-refractivity contribution is 6.13. The summed E-state index contributed by atoms with van der Waals surface area (Å²) in [6, 6.07) is 28.6. The number of ketones is 1. The summed E-state index contributed by atoms with van der Waals surface area (Å²) in [5, 5.41) is 5.64. The predicted octanol–water partition coefficient (Wildman–Crippen LogP) is 5.46. The third kappa shape index (κ3) is 3.16. The Morgan fingerprint density at radius 3 is 2.58 bits per heavy atom. The zero-order chi connectivity index (χ0) is 24.1. The lowest BCUT2D eigenvalue weighted by Crippen LogP contribution is -2.54. The number of benzene rings is 4. The Balaban J connectivity index is 1.41. The van der Waals surface area contributed by atoms with Gasteiger partial charge in [0.1, 0.15) is 6.04 Å². The van der Waals surface area contributed by atoms with Crippen molar-refractivity contribution in [3.8, 4) is 11.5 Å². The van der Waals surface area contributed by atoms with Crippen LogP contribution in [0.3, 0.4) is 0 Å². The van der Waals surface area contributed by atoms with E-state index in [4.69, 9.17) is 9.47 Å². The molecule has 3 aliphatic rings. The van der Waals surface area contributed by atoms with Crippen LogP contribution in [0, 0.1) is 0 Å². The maximum absolute atomic E-state index is 14.7. The summed E-state index contributed by atoms with van der Waals surface area (Å²) in [6.07, 6.45) is 1.85. The molecule has 0 unspecified atom stereocenters. The highest BCUT2D eigenvalue weighted by Gasteiger charge is 2.54. The molecule has 0 aliphatic carbocycles. The first kappa shape index (κ1) is 21.5. The molecule has 1 fully saturated rings. The van der Waals surface area contributed by atoms with Gasteiger partial charge in [-0.2, -0.15) is 0 Å². The SMILES string of the molecule is O=C(c1cccc2ccccc12)[C@@H]1N(Cc2cccc3c2OCO3)c2ccccc2C12CCNCC2. The number of nitrogens with zero attached hydrogens (tertiary/aromatic N) is 1. The number of hydrogen-bond donors (Lipinski definition) is 1. The minimum Gasteiger partial charge on any atom is -0.454 e. The minimum absolute atomic E-state index is 0.189. The normalized spacial score (nSPS) is 19.6. The van der Waals surface area contributed by atoms with E-state index in [1.807, 2.05) is 36.4 Å². The van der Waals surface area contributed by atoms with E-state index >= 15 is 0 Å². The van der Waals surface area contributed by atoms with Gasteiger partial charge in [-0.15, -0.1) is 0 Å². The van der Waals surface area contributed by atoms with Gasteiger partial charge in [0.2, 0.25) is 6.79 Å². The van der Waals surface area contributed by atoms with E-state index in [0.29, 0.717) is 6.54 Å². The first-order chi connectivity index (χ1) is 17.8. The zero-order valence-electron chi connectivity index (χ0n) is 20.1. The summed E-state index contributed by atoms with van der Waals surface area (Å²) in [5.41, 5.74) is 4.03. The molecular formula is C31H28N2O3. The number of anilines is 1. The molecule has 4 aromatic carbocycles. The Morgan fingerprint density at radius 2 is 1.67 bits per heavy atom. The second-order valence-electron chi connectivity index (χ2n) is 10.00. The molecule has 0 bridgehead atoms. The lowest BCUT2D eigenvalue weighted by molar-refractivity contribution is 0.0899. The van der Waals surface area contributed by atoms with Crippen LogP contribution in [0.25, 0.3) is 10.8 Å². The number of carbonyl (C=O) groups is 1. The number of Topliss-reactive ketones (excluding diaryl/α,β-unsaturated/α-hetero) is 1. The van der Waals surface area contributed by atoms with Crippen LogP contribution in [-0.2, 0) is 12.0 Å². The van der Waals surface area contributed by atoms with E-state index in [9.17, 15) is 4.79 Å². The quantitative estimate of drug-likeness (QED) is 0.397. The zero-order valence-corrected chi connectivity index (χ0v) is 20.1. The second-order valence-corrected chi connectivity index (χ2v) is 10.00. The van der Waals surface area contributed by atoms with Crippen molar-refractivity contribution in [3.63, 3.8) is 0 Å². The lowest BCUT2D eigenvalue weighted by atomic mass is 9.68. The van der Waals surface area contributed by atoms with Crippen LogP contribution in [0.15, 0.2) is 84.9 Å². The molecule has 5 nitrogen and oxygen atoms in total. The van der Waals surface area contributed by atoms with E-state index in [0.717, 1.165) is 65.0 Å². The third-order valence-corrected chi connectivity index (χ3v) is 8.20. The van der Waals surface area contributed by atoms with Crippen molar-refractivity contribution in [2.75, 3.05) is 24.8 Å². The van der Waals surface area contributed by atoms with Crippen molar-refractivity contribution in [1.82, 2.24) is 5.32 Å². The fourth-order valence-electron chi connectivity index (χ4n) is 6.60. The standard InChI is InChI=1S/C31H28N2O3/c34-28(24-11-5-8-21-7-1-2-10-23(21)24)30-31(15-17-32-18-16-31)25-12-3-4-13-26(25)33(30)19-22-9-6-14-27-29(22)36-20-35-27/h1-14,30,32H,15-20H2/t30-/m0/s1. The van der Waals surface area contributed by atoms with Gasteiger partial charge >= 0.3 is 0 Å². The maximum atomic E-state index is 14.7. The number of ether oxygens (including phenoxy) is 2. The number of para-hydroxylation sites is 2. The molecule has 7 rings (SSSR count). The second kappa shape index (κ2) is 8.38. The Morgan fingerprint density at radius 1 is 0.889 bits per heavy atom. The van der Waals surface area contributed by atoms with E-state index in [1.165, 1.54) is 5.56 Å². The third-order valence-electron chi connectivity index (χ3n) is 8.20. The Hall–Kier alpha value is -3.83. The van der Waals surface area contributed by atoms with Crippen LogP contribution in [0.4, 0.5) is 5.69 Å². The molecule has 3 heterocycles. The van der Waals surface area contributed by atoms with Gasteiger partial charge in [0.25, 0.3) is 0 Å². The summed E-state index contributed by atoms with van der Waals surface area (Å²) < 4.78 is 11.5. The number of fused-ring (bicyclic) bond motifs is 4. The summed E-state index contributed by atoms with van der Waals surface area (Å²) in [7, 11) is 0. The summed E-state index contributed by atoms with van der Waals surface area (Å²) in [5.74, 6) is 1.75. The van der Waals surface area contributed by atoms with E-state index in [-0.39, 0.29) is 24.0 Å². The topological polar surface area (TPSA) is 50.8 Å². The molecule has 0 radical (unpaired) electrons. The number of piperidine rings is 1. The van der Waals surface area contributed by atoms with Crippen LogP contribution in [0.1, 0.15) is 34.3 Å². The van der Waals surface area contributed by atoms with E-state index in [1.54, 1.807) is 0 Å². The van der Waals surface area contributed by atoms with Gasteiger partial charge in [0.05, 0.1) is 0 Å². The van der Waals surface area contributed by atoms with Gasteiger partial charge in [0, 0.05) is 28.8 Å². The van der Waals surface area contributed by atoms with Crippen LogP contribution in [0.5, 0.6) is 11.5 Å². The monoisotopic (exact) mass is 476 g/mol. The van der Waals surface area contributed by atoms with Gasteiger partial charge in [-0.25, -0.2) is 0 Å². The average molecular weight is 477 g/mol. The summed E-state index contributed by atoms with van der Waals surface area (Å²) in [6.45, 7) is 2.62. The Labute approximate surface area is 210 Å². The molecular weight excluding hydrogens is 448 g/mol. The average Bonchev–Trinajstić information content (AvgIpc) is 3.51. The van der Waals surface area contributed by atoms with E-state index < -0.39 is 0 Å². The first-order valence-corrected chi connectivity index (χ1v) is 12.7. The predicted molar refractivity (Wildman–Crippen MR) is 141 cm³/mol. The molecule has 1 N–H and O–H groups in total. The molecule has 3 aliphatic heterocycles. The molecule has 1 atom stereocenters. The van der Waals surface area contributed by atoms with Crippen LogP contribution in [0.2, 0.25) is 0 Å². The summed E-state index contributed by atoms with van der Waals surface area (Å²) in [4.78, 5) is 17.1. The molecule has 0 saturated carbocycles. The van der Waals surface area contributed by atoms with Gasteiger partial charge in [0.15, 0.2) is 17.3 Å². The van der Waals surface area contributed by atoms with Crippen LogP contribution < -0.4 is 19.7 Å². The van der Waals surface area contributed by atoms with Crippen molar-refractivity contribution < 1.29 is 14.3 Å². The van der Waals surface area contributed by atoms with Crippen molar-refractivity contribution in [1.29, 1.82) is 0 Å². The molecule has 4 aromatic rings. The fourth-order valence-corrected chi connectivity index (χ4v) is 6.60. The van der Waals surface area contributed by atoms with Crippen LogP contribution in [-0.4, -0.2) is 31.7 Å². The molecule has 180 valence electrons. The van der Waals surface area contributed by atoms with E-state index in [2.05, 4.69) is 58.7 Å². The van der Waals surface area contributed by atoms with Gasteiger partial charge in [-0.1, -0.05) is 72.8 Å². The molecule has 1 saturated heterocycles. The number of hydrogen-bond acceptors (Lipinski definition) is 5. The molecule has 0 amide bonds. The van der Waals surface area contributed by atoms with Crippen molar-refractivity contribution >= 4 is 22.2 Å². The number of nitrogens with one attached hydrogen (secondary N) is 1. The van der Waals surface area contributed by atoms with Gasteiger partial charge < -0.3 is 19.7 Å². The minimum atomic E-state index is -0.305. The Bertz CT molecular complexity index is 1470. The first-order valence-electron chi connectivity index (χ1n) is 12.7. The highest BCUT2D eigenvalue weighted by atomic mass is 16.7. The largest absolute Gasteiger partial charge is 0.454 e. The fraction of sp³-hybridized carbons (Fsp3) is 0.258. The van der Waals surface area contributed by atoms with Crippen LogP contribution >= 0.6 is 0 Å². The molecule has 36 heavy (non-hydrogen) atoms.